The maximum atomic E-state index is 5.50. The van der Waals surface area contributed by atoms with E-state index < -0.39 is 0 Å². The minimum Gasteiger partial charge on any atom is -0.330 e. The van der Waals surface area contributed by atoms with Gasteiger partial charge in [-0.25, -0.2) is 0 Å². The second-order valence-corrected chi connectivity index (χ2v) is 4.77. The molecule has 0 rings (SSSR count). The molecule has 86 valence electrons. The van der Waals surface area contributed by atoms with Crippen molar-refractivity contribution in [3.63, 3.8) is 0 Å². The number of nitrogens with two attached hydrogens (primary N) is 1. The van der Waals surface area contributed by atoms with Crippen LogP contribution in [0.3, 0.4) is 0 Å². The van der Waals surface area contributed by atoms with Crippen molar-refractivity contribution < 1.29 is 0 Å². The van der Waals surface area contributed by atoms with Crippen LogP contribution in [0.1, 0.15) is 40.0 Å². The largest absolute Gasteiger partial charge is 0.330 e. The van der Waals surface area contributed by atoms with E-state index in [0.717, 1.165) is 18.4 Å². The third-order valence-corrected chi connectivity index (χ3v) is 2.84. The molecule has 0 aliphatic rings. The van der Waals surface area contributed by atoms with Crippen LogP contribution in [0.5, 0.6) is 0 Å². The second-order valence-electron chi connectivity index (χ2n) is 4.77. The maximum Gasteiger partial charge on any atom is 0.000409 e. The Bertz CT molecular complexity index is 125. The Morgan fingerprint density at radius 1 is 1.14 bits per heavy atom. The first-order valence-corrected chi connectivity index (χ1v) is 5.98. The predicted octanol–water partition coefficient (Wildman–Crippen LogP) is 2.34. The van der Waals surface area contributed by atoms with E-state index in [2.05, 4.69) is 32.7 Å². The molecule has 0 aromatic heterocycles. The first-order chi connectivity index (χ1) is 6.60. The zero-order chi connectivity index (χ0) is 11.0. The number of hydrogen-bond acceptors (Lipinski definition) is 2. The van der Waals surface area contributed by atoms with Crippen LogP contribution in [0.15, 0.2) is 0 Å². The van der Waals surface area contributed by atoms with Crippen LogP contribution in [-0.2, 0) is 0 Å². The summed E-state index contributed by atoms with van der Waals surface area (Å²) < 4.78 is 0. The van der Waals surface area contributed by atoms with Gasteiger partial charge in [-0.15, -0.1) is 0 Å². The molecule has 0 amide bonds. The average Bonchev–Trinajstić information content (AvgIpc) is 2.14. The van der Waals surface area contributed by atoms with Crippen LogP contribution in [0, 0.1) is 11.8 Å². The van der Waals surface area contributed by atoms with Gasteiger partial charge < -0.3 is 10.6 Å². The highest BCUT2D eigenvalue weighted by molar-refractivity contribution is 4.62. The monoisotopic (exact) mass is 200 g/mol. The lowest BCUT2D eigenvalue weighted by Gasteiger charge is -2.23. The summed E-state index contributed by atoms with van der Waals surface area (Å²) >= 11 is 0. The van der Waals surface area contributed by atoms with Gasteiger partial charge in [0.15, 0.2) is 0 Å². The lowest BCUT2D eigenvalue weighted by atomic mass is 10.0. The molecule has 14 heavy (non-hydrogen) atoms. The summed E-state index contributed by atoms with van der Waals surface area (Å²) in [5.41, 5.74) is 5.50. The van der Waals surface area contributed by atoms with E-state index in [9.17, 15) is 0 Å². The molecular weight excluding hydrogens is 172 g/mol. The molecule has 0 aromatic rings. The van der Waals surface area contributed by atoms with Crippen molar-refractivity contribution in [2.45, 2.75) is 40.0 Å². The lowest BCUT2D eigenvalue weighted by Crippen LogP contribution is -2.29. The van der Waals surface area contributed by atoms with E-state index in [1.165, 1.54) is 32.4 Å². The number of rotatable bonds is 8. The molecule has 0 spiro atoms. The molecule has 2 heteroatoms. The summed E-state index contributed by atoms with van der Waals surface area (Å²) in [5.74, 6) is 1.61. The maximum absolute atomic E-state index is 5.50. The van der Waals surface area contributed by atoms with Crippen LogP contribution in [0.2, 0.25) is 0 Å². The van der Waals surface area contributed by atoms with E-state index in [1.54, 1.807) is 0 Å². The Hall–Kier alpha value is -0.0800. The molecule has 2 unspecified atom stereocenters. The molecule has 0 saturated heterocycles. The molecular formula is C12H28N2. The molecule has 0 aliphatic carbocycles. The molecule has 0 aliphatic heterocycles. The predicted molar refractivity (Wildman–Crippen MR) is 64.4 cm³/mol. The van der Waals surface area contributed by atoms with Gasteiger partial charge in [-0.05, 0) is 38.3 Å². The molecule has 0 bridgehead atoms. The van der Waals surface area contributed by atoms with E-state index in [1.807, 2.05) is 0 Å². The smallest absolute Gasteiger partial charge is 0.000409 e. The van der Waals surface area contributed by atoms with Crippen molar-refractivity contribution in [3.8, 4) is 0 Å². The summed E-state index contributed by atoms with van der Waals surface area (Å²) in [4.78, 5) is 2.45. The van der Waals surface area contributed by atoms with Gasteiger partial charge in [0, 0.05) is 13.1 Å². The first-order valence-electron chi connectivity index (χ1n) is 5.98. The fourth-order valence-electron chi connectivity index (χ4n) is 1.83. The van der Waals surface area contributed by atoms with Crippen LogP contribution in [-0.4, -0.2) is 31.6 Å². The molecule has 0 heterocycles. The topological polar surface area (TPSA) is 29.3 Å². The van der Waals surface area contributed by atoms with Crippen LogP contribution in [0.4, 0.5) is 0 Å². The fourth-order valence-corrected chi connectivity index (χ4v) is 1.83. The Balaban J connectivity index is 3.54. The van der Waals surface area contributed by atoms with Crippen molar-refractivity contribution in [2.24, 2.45) is 17.6 Å². The summed E-state index contributed by atoms with van der Waals surface area (Å²) in [5, 5.41) is 0. The highest BCUT2D eigenvalue weighted by Gasteiger charge is 2.08. The van der Waals surface area contributed by atoms with Crippen molar-refractivity contribution in [1.82, 2.24) is 4.90 Å². The third-order valence-electron chi connectivity index (χ3n) is 2.84. The van der Waals surface area contributed by atoms with E-state index in [0.29, 0.717) is 0 Å². The van der Waals surface area contributed by atoms with Gasteiger partial charge in [-0.1, -0.05) is 27.2 Å². The average molecular weight is 200 g/mol. The van der Waals surface area contributed by atoms with E-state index in [4.69, 9.17) is 5.73 Å². The molecule has 2 N–H and O–H groups in total. The van der Waals surface area contributed by atoms with Gasteiger partial charge in [0.05, 0.1) is 0 Å². The lowest BCUT2D eigenvalue weighted by molar-refractivity contribution is 0.242. The number of nitrogens with zero attached hydrogens (tertiary/aromatic N) is 1. The summed E-state index contributed by atoms with van der Waals surface area (Å²) in [6.45, 7) is 10.2. The van der Waals surface area contributed by atoms with Crippen molar-refractivity contribution in [1.29, 1.82) is 0 Å². The van der Waals surface area contributed by atoms with Gasteiger partial charge in [-0.3, -0.25) is 0 Å². The summed E-state index contributed by atoms with van der Waals surface area (Å²) in [6.07, 6.45) is 3.71. The number of hydrogen-bond donors (Lipinski definition) is 1. The quantitative estimate of drug-likeness (QED) is 0.651. The second kappa shape index (κ2) is 8.25. The zero-order valence-electron chi connectivity index (χ0n) is 10.4. The van der Waals surface area contributed by atoms with Gasteiger partial charge in [0.2, 0.25) is 0 Å². The molecule has 2 atom stereocenters. The standard InChI is InChI=1S/C12H28N2/c1-5-11(2)9-14(4)10-12(3)7-6-8-13/h11-12H,5-10,13H2,1-4H3. The minimum atomic E-state index is 0.785. The molecule has 0 fully saturated rings. The van der Waals surface area contributed by atoms with Crippen molar-refractivity contribution in [2.75, 3.05) is 26.7 Å². The van der Waals surface area contributed by atoms with Crippen LogP contribution >= 0.6 is 0 Å². The fraction of sp³-hybridized carbons (Fsp3) is 1.00. The Kier molecular flexibility index (Phi) is 8.20. The molecule has 2 nitrogen and oxygen atoms in total. The van der Waals surface area contributed by atoms with Crippen molar-refractivity contribution >= 4 is 0 Å². The highest BCUT2D eigenvalue weighted by atomic mass is 15.1. The van der Waals surface area contributed by atoms with E-state index >= 15 is 0 Å². The van der Waals surface area contributed by atoms with Gasteiger partial charge in [-0.2, -0.15) is 0 Å². The highest BCUT2D eigenvalue weighted by Crippen LogP contribution is 2.09. The Morgan fingerprint density at radius 3 is 2.21 bits per heavy atom. The van der Waals surface area contributed by atoms with Gasteiger partial charge in [0.1, 0.15) is 0 Å². The molecule has 0 saturated carbocycles. The summed E-state index contributed by atoms with van der Waals surface area (Å²) in [6, 6.07) is 0. The third kappa shape index (κ3) is 7.34. The minimum absolute atomic E-state index is 0.785. The van der Waals surface area contributed by atoms with Crippen LogP contribution in [0.25, 0.3) is 0 Å². The zero-order valence-corrected chi connectivity index (χ0v) is 10.4. The van der Waals surface area contributed by atoms with E-state index in [-0.39, 0.29) is 0 Å². The Labute approximate surface area is 89.9 Å². The van der Waals surface area contributed by atoms with Gasteiger partial charge in [0.25, 0.3) is 0 Å². The van der Waals surface area contributed by atoms with Crippen LogP contribution < -0.4 is 5.73 Å². The SMILES string of the molecule is CCC(C)CN(C)CC(C)CCCN. The molecule has 0 radical (unpaired) electrons. The molecule has 0 aromatic carbocycles. The van der Waals surface area contributed by atoms with Gasteiger partial charge >= 0.3 is 0 Å². The Morgan fingerprint density at radius 2 is 1.71 bits per heavy atom. The normalized spacial score (nSPS) is 15.9. The summed E-state index contributed by atoms with van der Waals surface area (Å²) in [7, 11) is 2.23. The first kappa shape index (κ1) is 13.9. The van der Waals surface area contributed by atoms with Crippen molar-refractivity contribution in [3.05, 3.63) is 0 Å².